The van der Waals surface area contributed by atoms with Crippen LogP contribution in [0.1, 0.15) is 31.2 Å². The van der Waals surface area contributed by atoms with E-state index in [1.165, 1.54) is 30.9 Å². The second-order valence-electron chi connectivity index (χ2n) is 4.58. The van der Waals surface area contributed by atoms with Gasteiger partial charge in [-0.15, -0.1) is 11.3 Å². The van der Waals surface area contributed by atoms with Crippen LogP contribution in [0.4, 0.5) is 0 Å². The fourth-order valence-corrected chi connectivity index (χ4v) is 2.90. The van der Waals surface area contributed by atoms with Gasteiger partial charge < -0.3 is 10.2 Å². The average Bonchev–Trinajstić information content (AvgIpc) is 2.96. The van der Waals surface area contributed by atoms with Crippen LogP contribution in [0.25, 0.3) is 0 Å². The largest absolute Gasteiger partial charge is 0.309 e. The number of rotatable bonds is 5. The zero-order valence-corrected chi connectivity index (χ0v) is 11.0. The summed E-state index contributed by atoms with van der Waals surface area (Å²) in [6.07, 6.45) is 3.31. The summed E-state index contributed by atoms with van der Waals surface area (Å²) in [6, 6.07) is 0.447. The van der Waals surface area contributed by atoms with E-state index in [2.05, 4.69) is 29.0 Å². The molecule has 2 atom stereocenters. The molecule has 0 aliphatic carbocycles. The monoisotopic (exact) mass is 239 g/mol. The molecule has 0 aromatic carbocycles. The number of hydrogen-bond donors (Lipinski definition) is 1. The molecule has 3 nitrogen and oxygen atoms in total. The molecule has 2 rings (SSSR count). The second kappa shape index (κ2) is 5.75. The van der Waals surface area contributed by atoms with Crippen LogP contribution < -0.4 is 5.32 Å². The van der Waals surface area contributed by atoms with Gasteiger partial charge in [0.1, 0.15) is 0 Å². The zero-order valence-electron chi connectivity index (χ0n) is 10.1. The van der Waals surface area contributed by atoms with Gasteiger partial charge in [0.15, 0.2) is 0 Å². The Bertz CT molecular complexity index is 299. The molecule has 1 saturated heterocycles. The first kappa shape index (κ1) is 12.0. The molecule has 1 N–H and O–H groups in total. The smallest absolute Gasteiger partial charge is 0.0794 e. The molecular weight excluding hydrogens is 218 g/mol. The summed E-state index contributed by atoms with van der Waals surface area (Å²) in [7, 11) is 0. The fraction of sp³-hybridized carbons (Fsp3) is 0.750. The van der Waals surface area contributed by atoms with Crippen molar-refractivity contribution in [3.63, 3.8) is 0 Å². The van der Waals surface area contributed by atoms with E-state index in [0.717, 1.165) is 12.5 Å². The van der Waals surface area contributed by atoms with Crippen molar-refractivity contribution in [3.05, 3.63) is 16.6 Å². The molecule has 1 fully saturated rings. The third-order valence-electron chi connectivity index (χ3n) is 3.41. The minimum atomic E-state index is 0.447. The number of nitrogens with zero attached hydrogens (tertiary/aromatic N) is 2. The minimum Gasteiger partial charge on any atom is -0.309 e. The van der Waals surface area contributed by atoms with Crippen molar-refractivity contribution in [3.8, 4) is 0 Å². The molecule has 1 aliphatic heterocycles. The number of thiazole rings is 1. The van der Waals surface area contributed by atoms with Crippen LogP contribution in [0.2, 0.25) is 0 Å². The molecule has 90 valence electrons. The first-order chi connectivity index (χ1) is 7.79. The van der Waals surface area contributed by atoms with Crippen LogP contribution >= 0.6 is 11.3 Å². The third kappa shape index (κ3) is 3.03. The van der Waals surface area contributed by atoms with Crippen molar-refractivity contribution in [1.82, 2.24) is 15.2 Å². The Morgan fingerprint density at radius 2 is 2.56 bits per heavy atom. The van der Waals surface area contributed by atoms with Gasteiger partial charge >= 0.3 is 0 Å². The van der Waals surface area contributed by atoms with Gasteiger partial charge in [-0.2, -0.15) is 0 Å². The van der Waals surface area contributed by atoms with Crippen LogP contribution in [-0.2, 0) is 0 Å². The molecule has 0 saturated carbocycles. The number of hydrogen-bond acceptors (Lipinski definition) is 4. The zero-order chi connectivity index (χ0) is 11.4. The summed E-state index contributed by atoms with van der Waals surface area (Å²) in [5.74, 6) is 0.829. The first-order valence-corrected chi connectivity index (χ1v) is 7.01. The highest BCUT2D eigenvalue weighted by molar-refractivity contribution is 7.09. The molecule has 1 aliphatic rings. The molecule has 0 bridgehead atoms. The normalized spacial score (nSPS) is 23.8. The highest BCUT2D eigenvalue weighted by Crippen LogP contribution is 2.19. The second-order valence-corrected chi connectivity index (χ2v) is 5.50. The van der Waals surface area contributed by atoms with Crippen molar-refractivity contribution in [1.29, 1.82) is 0 Å². The van der Waals surface area contributed by atoms with Crippen molar-refractivity contribution in [2.75, 3.05) is 26.2 Å². The molecule has 2 heterocycles. The lowest BCUT2D eigenvalue weighted by molar-refractivity contribution is 0.336. The van der Waals surface area contributed by atoms with Crippen molar-refractivity contribution in [2.24, 2.45) is 5.92 Å². The quantitative estimate of drug-likeness (QED) is 0.853. The van der Waals surface area contributed by atoms with Crippen molar-refractivity contribution < 1.29 is 0 Å². The third-order valence-corrected chi connectivity index (χ3v) is 4.37. The molecule has 1 aromatic rings. The number of nitrogens with one attached hydrogen (secondary N) is 1. The summed E-state index contributed by atoms with van der Waals surface area (Å²) >= 11 is 1.73. The Balaban J connectivity index is 1.72. The molecule has 0 radical (unpaired) electrons. The number of aromatic nitrogens is 1. The van der Waals surface area contributed by atoms with Crippen LogP contribution in [0.15, 0.2) is 11.7 Å². The molecule has 1 aromatic heterocycles. The lowest BCUT2D eigenvalue weighted by atomic mass is 10.1. The van der Waals surface area contributed by atoms with E-state index in [1.54, 1.807) is 11.3 Å². The van der Waals surface area contributed by atoms with Gasteiger partial charge in [-0.05, 0) is 38.9 Å². The Hall–Kier alpha value is -0.450. The van der Waals surface area contributed by atoms with Crippen LogP contribution in [0, 0.1) is 5.92 Å². The van der Waals surface area contributed by atoms with Gasteiger partial charge in [-0.3, -0.25) is 4.98 Å². The van der Waals surface area contributed by atoms with Crippen LogP contribution in [0.3, 0.4) is 0 Å². The molecule has 0 amide bonds. The fourth-order valence-electron chi connectivity index (χ4n) is 2.25. The highest BCUT2D eigenvalue weighted by Gasteiger charge is 2.21. The molecule has 2 unspecified atom stereocenters. The summed E-state index contributed by atoms with van der Waals surface area (Å²) in [5, 5.41) is 3.62. The van der Waals surface area contributed by atoms with E-state index in [9.17, 15) is 0 Å². The van der Waals surface area contributed by atoms with Crippen molar-refractivity contribution in [2.45, 2.75) is 26.3 Å². The van der Waals surface area contributed by atoms with Gasteiger partial charge in [0.25, 0.3) is 0 Å². The maximum absolute atomic E-state index is 4.12. The Labute approximate surface area is 102 Å². The van der Waals surface area contributed by atoms with E-state index in [4.69, 9.17) is 0 Å². The molecule has 0 spiro atoms. The first-order valence-electron chi connectivity index (χ1n) is 6.13. The minimum absolute atomic E-state index is 0.447. The maximum Gasteiger partial charge on any atom is 0.0794 e. The van der Waals surface area contributed by atoms with E-state index >= 15 is 0 Å². The lowest BCUT2D eigenvalue weighted by Crippen LogP contribution is -2.28. The maximum atomic E-state index is 4.12. The Morgan fingerprint density at radius 3 is 3.19 bits per heavy atom. The SMILES string of the molecule is CCN1CCC(CNC(C)c2cncs2)C1. The van der Waals surface area contributed by atoms with Gasteiger partial charge in [0.2, 0.25) is 0 Å². The van der Waals surface area contributed by atoms with Crippen LogP contribution in [-0.4, -0.2) is 36.1 Å². The lowest BCUT2D eigenvalue weighted by Gasteiger charge is -2.16. The topological polar surface area (TPSA) is 28.2 Å². The molecule has 4 heteroatoms. The van der Waals surface area contributed by atoms with Crippen LogP contribution in [0.5, 0.6) is 0 Å². The highest BCUT2D eigenvalue weighted by atomic mass is 32.1. The van der Waals surface area contributed by atoms with E-state index in [-0.39, 0.29) is 0 Å². The van der Waals surface area contributed by atoms with Gasteiger partial charge in [-0.1, -0.05) is 6.92 Å². The van der Waals surface area contributed by atoms with Gasteiger partial charge in [0.05, 0.1) is 5.51 Å². The molecular formula is C12H21N3S. The average molecular weight is 239 g/mol. The van der Waals surface area contributed by atoms with Gasteiger partial charge in [0, 0.05) is 23.7 Å². The predicted molar refractivity (Wildman–Crippen MR) is 68.8 cm³/mol. The summed E-state index contributed by atoms with van der Waals surface area (Å²) in [5.41, 5.74) is 1.90. The summed E-state index contributed by atoms with van der Waals surface area (Å²) < 4.78 is 0. The van der Waals surface area contributed by atoms with Crippen molar-refractivity contribution >= 4 is 11.3 Å². The summed E-state index contributed by atoms with van der Waals surface area (Å²) in [4.78, 5) is 7.99. The summed E-state index contributed by atoms with van der Waals surface area (Å²) in [6.45, 7) is 9.34. The number of likely N-dealkylation sites (tertiary alicyclic amines) is 1. The predicted octanol–water partition coefficient (Wildman–Crippen LogP) is 2.14. The van der Waals surface area contributed by atoms with E-state index in [0.29, 0.717) is 6.04 Å². The van der Waals surface area contributed by atoms with Gasteiger partial charge in [-0.25, -0.2) is 0 Å². The molecule has 16 heavy (non-hydrogen) atoms. The van der Waals surface area contributed by atoms with E-state index in [1.807, 2.05) is 11.7 Å². The Kier molecular flexibility index (Phi) is 4.32. The van der Waals surface area contributed by atoms with E-state index < -0.39 is 0 Å². The Morgan fingerprint density at radius 1 is 1.69 bits per heavy atom. The standard InChI is InChI=1S/C12H21N3S/c1-3-15-5-4-11(8-15)6-14-10(2)12-7-13-9-16-12/h7,9-11,14H,3-6,8H2,1-2H3.